The number of nitrogens with zero attached hydrogens (tertiary/aromatic N) is 3. The van der Waals surface area contributed by atoms with Crippen LogP contribution in [0, 0.1) is 0 Å². The van der Waals surface area contributed by atoms with Crippen molar-refractivity contribution in [2.24, 2.45) is 0 Å². The van der Waals surface area contributed by atoms with Gasteiger partial charge < -0.3 is 24.2 Å². The molecule has 9 nitrogen and oxygen atoms in total. The van der Waals surface area contributed by atoms with Gasteiger partial charge in [-0.3, -0.25) is 4.79 Å². The fourth-order valence-corrected chi connectivity index (χ4v) is 1.83. The standard InChI is InChI=1S/C16H20N4O5/c1-20(2)9-8-17-14(21)15-18-13(19-25-15)10-24-12-6-4-11(5-7-12)16(22)23-3/h4-7H,8-10H2,1-3H3,(H,17,21). The maximum atomic E-state index is 11.8. The minimum Gasteiger partial charge on any atom is -0.485 e. The van der Waals surface area contributed by atoms with Crippen molar-refractivity contribution in [2.75, 3.05) is 34.3 Å². The third-order valence-corrected chi connectivity index (χ3v) is 3.15. The molecule has 1 amide bonds. The van der Waals surface area contributed by atoms with Crippen LogP contribution in [0.2, 0.25) is 0 Å². The van der Waals surface area contributed by atoms with E-state index in [0.717, 1.165) is 0 Å². The van der Waals surface area contributed by atoms with Crippen LogP contribution in [0.25, 0.3) is 0 Å². The van der Waals surface area contributed by atoms with Crippen molar-refractivity contribution in [2.45, 2.75) is 6.61 Å². The molecule has 0 bridgehead atoms. The van der Waals surface area contributed by atoms with Crippen LogP contribution in [0.4, 0.5) is 0 Å². The van der Waals surface area contributed by atoms with Crippen LogP contribution in [0.15, 0.2) is 28.8 Å². The van der Waals surface area contributed by atoms with E-state index in [9.17, 15) is 9.59 Å². The van der Waals surface area contributed by atoms with E-state index < -0.39 is 11.9 Å². The van der Waals surface area contributed by atoms with E-state index in [1.54, 1.807) is 24.3 Å². The summed E-state index contributed by atoms with van der Waals surface area (Å²) in [5.41, 5.74) is 0.422. The molecule has 0 radical (unpaired) electrons. The minimum atomic E-state index is -0.428. The topological polar surface area (TPSA) is 107 Å². The lowest BCUT2D eigenvalue weighted by Gasteiger charge is -2.08. The molecule has 0 saturated carbocycles. The lowest BCUT2D eigenvalue weighted by Crippen LogP contribution is -2.31. The Hall–Kier alpha value is -2.94. The maximum Gasteiger partial charge on any atom is 0.337 e. The Bertz CT molecular complexity index is 712. The zero-order valence-electron chi connectivity index (χ0n) is 14.3. The van der Waals surface area contributed by atoms with Crippen molar-refractivity contribution in [3.63, 3.8) is 0 Å². The lowest BCUT2D eigenvalue weighted by molar-refractivity contribution is 0.0600. The van der Waals surface area contributed by atoms with Gasteiger partial charge in [-0.2, -0.15) is 4.98 Å². The SMILES string of the molecule is COC(=O)c1ccc(OCc2noc(C(=O)NCCN(C)C)n2)cc1. The van der Waals surface area contributed by atoms with Gasteiger partial charge in [-0.25, -0.2) is 4.79 Å². The number of aromatic nitrogens is 2. The summed E-state index contributed by atoms with van der Waals surface area (Å²) in [6.45, 7) is 1.22. The normalized spacial score (nSPS) is 10.6. The molecule has 0 aliphatic rings. The zero-order chi connectivity index (χ0) is 18.2. The van der Waals surface area contributed by atoms with Gasteiger partial charge in [0.1, 0.15) is 5.75 Å². The van der Waals surface area contributed by atoms with Gasteiger partial charge in [0.15, 0.2) is 6.61 Å². The number of hydrogen-bond acceptors (Lipinski definition) is 8. The Balaban J connectivity index is 1.84. The van der Waals surface area contributed by atoms with Gasteiger partial charge in [-0.1, -0.05) is 5.16 Å². The number of ether oxygens (including phenoxy) is 2. The Morgan fingerprint density at radius 2 is 1.96 bits per heavy atom. The Morgan fingerprint density at radius 3 is 2.60 bits per heavy atom. The molecular formula is C16H20N4O5. The molecular weight excluding hydrogens is 328 g/mol. The monoisotopic (exact) mass is 348 g/mol. The molecule has 0 aliphatic carbocycles. The van der Waals surface area contributed by atoms with Crippen molar-refractivity contribution in [3.05, 3.63) is 41.5 Å². The van der Waals surface area contributed by atoms with Crippen LogP contribution in [-0.4, -0.2) is 61.2 Å². The van der Waals surface area contributed by atoms with Crippen LogP contribution in [0.5, 0.6) is 5.75 Å². The first-order valence-electron chi connectivity index (χ1n) is 7.56. The first kappa shape index (κ1) is 18.4. The summed E-state index contributed by atoms with van der Waals surface area (Å²) in [5.74, 6) is -0.194. The molecule has 9 heteroatoms. The lowest BCUT2D eigenvalue weighted by atomic mass is 10.2. The van der Waals surface area contributed by atoms with Crippen molar-refractivity contribution in [1.82, 2.24) is 20.4 Å². The van der Waals surface area contributed by atoms with Crippen molar-refractivity contribution in [1.29, 1.82) is 0 Å². The van der Waals surface area contributed by atoms with E-state index in [4.69, 9.17) is 9.26 Å². The van der Waals surface area contributed by atoms with E-state index in [0.29, 0.717) is 24.4 Å². The highest BCUT2D eigenvalue weighted by Crippen LogP contribution is 2.14. The summed E-state index contributed by atoms with van der Waals surface area (Å²) in [6, 6.07) is 6.42. The van der Waals surface area contributed by atoms with Crippen LogP contribution < -0.4 is 10.1 Å². The number of likely N-dealkylation sites (N-methyl/N-ethyl adjacent to an activating group) is 1. The maximum absolute atomic E-state index is 11.8. The van der Waals surface area contributed by atoms with Gasteiger partial charge in [0.05, 0.1) is 12.7 Å². The second kappa shape index (κ2) is 8.78. The van der Waals surface area contributed by atoms with Gasteiger partial charge >= 0.3 is 17.8 Å². The summed E-state index contributed by atoms with van der Waals surface area (Å²) in [4.78, 5) is 29.1. The quantitative estimate of drug-likeness (QED) is 0.696. The number of nitrogens with one attached hydrogen (secondary N) is 1. The fourth-order valence-electron chi connectivity index (χ4n) is 1.83. The van der Waals surface area contributed by atoms with E-state index >= 15 is 0 Å². The van der Waals surface area contributed by atoms with E-state index in [2.05, 4.69) is 20.2 Å². The molecule has 1 N–H and O–H groups in total. The van der Waals surface area contributed by atoms with Gasteiger partial charge in [0.2, 0.25) is 5.82 Å². The number of hydrogen-bond donors (Lipinski definition) is 1. The van der Waals surface area contributed by atoms with E-state index in [1.807, 2.05) is 19.0 Å². The van der Waals surface area contributed by atoms with E-state index in [1.165, 1.54) is 7.11 Å². The minimum absolute atomic E-state index is 0.0338. The Morgan fingerprint density at radius 1 is 1.24 bits per heavy atom. The molecule has 0 atom stereocenters. The molecule has 1 aromatic heterocycles. The zero-order valence-corrected chi connectivity index (χ0v) is 14.3. The second-order valence-electron chi connectivity index (χ2n) is 5.38. The first-order chi connectivity index (χ1) is 12.0. The van der Waals surface area contributed by atoms with Crippen LogP contribution in [-0.2, 0) is 11.3 Å². The van der Waals surface area contributed by atoms with Crippen molar-refractivity contribution >= 4 is 11.9 Å². The summed E-state index contributed by atoms with van der Waals surface area (Å²) < 4.78 is 15.0. The van der Waals surface area contributed by atoms with Gasteiger partial charge in [-0.05, 0) is 38.4 Å². The number of carbonyl (C=O) groups excluding carboxylic acids is 2. The molecule has 0 unspecified atom stereocenters. The molecule has 0 aliphatic heterocycles. The highest BCUT2D eigenvalue weighted by Gasteiger charge is 2.15. The average Bonchev–Trinajstić information content (AvgIpc) is 3.08. The predicted molar refractivity (Wildman–Crippen MR) is 87.3 cm³/mol. The number of methoxy groups -OCH3 is 1. The number of esters is 1. The molecule has 0 fully saturated rings. The summed E-state index contributed by atoms with van der Waals surface area (Å²) in [5, 5.41) is 6.38. The number of benzene rings is 1. The molecule has 25 heavy (non-hydrogen) atoms. The van der Waals surface area contributed by atoms with E-state index in [-0.39, 0.29) is 18.3 Å². The van der Waals surface area contributed by atoms with Crippen LogP contribution in [0.3, 0.4) is 0 Å². The Labute approximate surface area is 144 Å². The van der Waals surface area contributed by atoms with Crippen LogP contribution in [0.1, 0.15) is 26.9 Å². The number of carbonyl (C=O) groups is 2. The van der Waals surface area contributed by atoms with Gasteiger partial charge in [0.25, 0.3) is 0 Å². The average molecular weight is 348 g/mol. The summed E-state index contributed by atoms with van der Waals surface area (Å²) >= 11 is 0. The van der Waals surface area contributed by atoms with Gasteiger partial charge in [0, 0.05) is 13.1 Å². The molecule has 2 rings (SSSR count). The molecule has 134 valence electrons. The van der Waals surface area contributed by atoms with Crippen LogP contribution >= 0.6 is 0 Å². The number of rotatable bonds is 8. The second-order valence-corrected chi connectivity index (χ2v) is 5.38. The third kappa shape index (κ3) is 5.57. The predicted octanol–water partition coefficient (Wildman–Crippen LogP) is 0.727. The molecule has 0 saturated heterocycles. The van der Waals surface area contributed by atoms with Crippen molar-refractivity contribution < 1.29 is 23.6 Å². The molecule has 2 aromatic rings. The Kier molecular flexibility index (Phi) is 6.47. The fraction of sp³-hybridized carbons (Fsp3) is 0.375. The smallest absolute Gasteiger partial charge is 0.337 e. The largest absolute Gasteiger partial charge is 0.485 e. The first-order valence-corrected chi connectivity index (χ1v) is 7.56. The summed E-state index contributed by atoms with van der Waals surface area (Å²) in [7, 11) is 5.13. The molecule has 1 aromatic carbocycles. The highest BCUT2D eigenvalue weighted by atomic mass is 16.5. The van der Waals surface area contributed by atoms with Gasteiger partial charge in [-0.15, -0.1) is 0 Å². The summed E-state index contributed by atoms with van der Waals surface area (Å²) in [6.07, 6.45) is 0. The molecule has 0 spiro atoms. The highest BCUT2D eigenvalue weighted by molar-refractivity contribution is 5.89. The third-order valence-electron chi connectivity index (χ3n) is 3.15. The number of amides is 1. The van der Waals surface area contributed by atoms with Crippen molar-refractivity contribution in [3.8, 4) is 5.75 Å². The molecule has 1 heterocycles.